The number of hydrogen-bond acceptors (Lipinski definition) is 8. The highest BCUT2D eigenvalue weighted by molar-refractivity contribution is 7.14. The van der Waals surface area contributed by atoms with E-state index in [1.54, 1.807) is 18.3 Å². The molecular weight excluding hydrogens is 500 g/mol. The second-order valence-electron chi connectivity index (χ2n) is 9.61. The van der Waals surface area contributed by atoms with Crippen LogP contribution in [-0.4, -0.2) is 50.0 Å². The Bertz CT molecular complexity index is 1500. The maximum absolute atomic E-state index is 12.8. The normalized spacial score (nSPS) is 16.5. The SMILES string of the molecule is Cc1nccc(-c2cccc(-c3csc(NC(=O)CNC(=O)c4ccc5c(c4)[C@](C)(CO)CCC5)n3)n2)n1. The topological polar surface area (TPSA) is 130 Å². The highest BCUT2D eigenvalue weighted by Crippen LogP contribution is 2.37. The molecule has 194 valence electrons. The molecule has 38 heavy (non-hydrogen) atoms. The number of aliphatic hydroxyl groups is 1. The molecular formula is C28H28N6O3S. The van der Waals surface area contributed by atoms with Crippen molar-refractivity contribution in [3.05, 3.63) is 76.6 Å². The maximum Gasteiger partial charge on any atom is 0.251 e. The van der Waals surface area contributed by atoms with Crippen LogP contribution in [0.4, 0.5) is 5.13 Å². The highest BCUT2D eigenvalue weighted by Gasteiger charge is 2.32. The largest absolute Gasteiger partial charge is 0.395 e. The van der Waals surface area contributed by atoms with E-state index in [2.05, 4.69) is 30.6 Å². The van der Waals surface area contributed by atoms with E-state index in [9.17, 15) is 14.7 Å². The molecule has 4 aromatic rings. The number of nitrogens with zero attached hydrogens (tertiary/aromatic N) is 4. The van der Waals surface area contributed by atoms with Crippen LogP contribution in [0.5, 0.6) is 0 Å². The highest BCUT2D eigenvalue weighted by atomic mass is 32.1. The summed E-state index contributed by atoms with van der Waals surface area (Å²) in [7, 11) is 0. The average molecular weight is 529 g/mol. The average Bonchev–Trinajstić information content (AvgIpc) is 3.40. The third-order valence-electron chi connectivity index (χ3n) is 6.76. The van der Waals surface area contributed by atoms with Gasteiger partial charge in [0.1, 0.15) is 11.5 Å². The molecule has 1 aliphatic carbocycles. The number of rotatable bonds is 7. The van der Waals surface area contributed by atoms with Crippen LogP contribution in [0.2, 0.25) is 0 Å². The van der Waals surface area contributed by atoms with Crippen LogP contribution in [-0.2, 0) is 16.6 Å². The van der Waals surface area contributed by atoms with E-state index in [0.29, 0.717) is 33.6 Å². The molecule has 1 atom stereocenters. The lowest BCUT2D eigenvalue weighted by atomic mass is 9.71. The molecule has 10 heteroatoms. The van der Waals surface area contributed by atoms with Gasteiger partial charge in [0, 0.05) is 22.6 Å². The van der Waals surface area contributed by atoms with Crippen molar-refractivity contribution in [2.45, 2.75) is 38.5 Å². The molecule has 5 rings (SSSR count). The van der Waals surface area contributed by atoms with Gasteiger partial charge in [-0.25, -0.2) is 19.9 Å². The van der Waals surface area contributed by atoms with Crippen LogP contribution in [0.3, 0.4) is 0 Å². The number of anilines is 1. The first-order valence-electron chi connectivity index (χ1n) is 12.4. The van der Waals surface area contributed by atoms with Gasteiger partial charge in [0.05, 0.1) is 30.2 Å². The second kappa shape index (κ2) is 10.8. The molecule has 2 amide bonds. The smallest absolute Gasteiger partial charge is 0.251 e. The Hall–Kier alpha value is -4.02. The van der Waals surface area contributed by atoms with Crippen molar-refractivity contribution in [2.24, 2.45) is 0 Å². The van der Waals surface area contributed by atoms with E-state index < -0.39 is 0 Å². The monoisotopic (exact) mass is 528 g/mol. The fourth-order valence-electron chi connectivity index (χ4n) is 4.66. The van der Waals surface area contributed by atoms with Gasteiger partial charge < -0.3 is 15.7 Å². The number of carbonyl (C=O) groups is 2. The van der Waals surface area contributed by atoms with E-state index in [-0.39, 0.29) is 30.4 Å². The van der Waals surface area contributed by atoms with Gasteiger partial charge in [-0.15, -0.1) is 11.3 Å². The first-order valence-corrected chi connectivity index (χ1v) is 13.3. The minimum Gasteiger partial charge on any atom is -0.395 e. The summed E-state index contributed by atoms with van der Waals surface area (Å²) in [6, 6.07) is 13.0. The van der Waals surface area contributed by atoms with Gasteiger partial charge >= 0.3 is 0 Å². The lowest BCUT2D eigenvalue weighted by molar-refractivity contribution is -0.115. The van der Waals surface area contributed by atoms with Gasteiger partial charge in [-0.1, -0.05) is 19.1 Å². The lowest BCUT2D eigenvalue weighted by Gasteiger charge is -2.34. The van der Waals surface area contributed by atoms with Crippen molar-refractivity contribution in [3.63, 3.8) is 0 Å². The molecule has 0 radical (unpaired) electrons. The number of aliphatic hydroxyl groups excluding tert-OH is 1. The van der Waals surface area contributed by atoms with E-state index in [4.69, 9.17) is 0 Å². The number of pyridine rings is 1. The zero-order chi connectivity index (χ0) is 26.7. The van der Waals surface area contributed by atoms with Crippen molar-refractivity contribution in [2.75, 3.05) is 18.5 Å². The Morgan fingerprint density at radius 2 is 1.84 bits per heavy atom. The summed E-state index contributed by atoms with van der Waals surface area (Å²) in [6.07, 6.45) is 4.52. The second-order valence-corrected chi connectivity index (χ2v) is 10.5. The molecule has 3 N–H and O–H groups in total. The standard InChI is InChI=1S/C28H28N6O3S/c1-17-29-12-10-23(31-17)21-6-3-7-22(32-21)24-15-38-27(33-24)34-25(36)14-30-26(37)19-9-8-18-5-4-11-28(2,16-35)20(18)13-19/h3,6-10,12-13,15,35H,4-5,11,14,16H2,1-2H3,(H,30,37)(H,33,34,36)/t28-/m0/s1. The Kier molecular flexibility index (Phi) is 7.26. The van der Waals surface area contributed by atoms with Crippen LogP contribution in [0.15, 0.2) is 54.0 Å². The molecule has 0 fully saturated rings. The van der Waals surface area contributed by atoms with E-state index in [0.717, 1.165) is 36.1 Å². The fourth-order valence-corrected chi connectivity index (χ4v) is 5.38. The number of carbonyl (C=O) groups excluding carboxylic acids is 2. The van der Waals surface area contributed by atoms with Crippen molar-refractivity contribution in [1.29, 1.82) is 0 Å². The van der Waals surface area contributed by atoms with Crippen LogP contribution in [0.1, 0.15) is 47.1 Å². The summed E-state index contributed by atoms with van der Waals surface area (Å²) in [5, 5.41) is 17.6. The number of nitrogens with one attached hydrogen (secondary N) is 2. The number of fused-ring (bicyclic) bond motifs is 1. The molecule has 3 aromatic heterocycles. The lowest BCUT2D eigenvalue weighted by Crippen LogP contribution is -2.34. The molecule has 1 aliphatic rings. The van der Waals surface area contributed by atoms with Gasteiger partial charge in [-0.05, 0) is 67.6 Å². The summed E-state index contributed by atoms with van der Waals surface area (Å²) in [5.74, 6) is -0.0547. The Balaban J connectivity index is 1.21. The number of benzene rings is 1. The zero-order valence-electron chi connectivity index (χ0n) is 21.2. The summed E-state index contributed by atoms with van der Waals surface area (Å²) >= 11 is 1.28. The zero-order valence-corrected chi connectivity index (χ0v) is 22.0. The Morgan fingerprint density at radius 1 is 1.05 bits per heavy atom. The quantitative estimate of drug-likeness (QED) is 0.331. The van der Waals surface area contributed by atoms with Crippen molar-refractivity contribution < 1.29 is 14.7 Å². The van der Waals surface area contributed by atoms with E-state index in [1.165, 1.54) is 11.3 Å². The summed E-state index contributed by atoms with van der Waals surface area (Å²) in [6.45, 7) is 3.68. The number of thiazole rings is 1. The van der Waals surface area contributed by atoms with E-state index >= 15 is 0 Å². The number of hydrogen-bond donors (Lipinski definition) is 3. The van der Waals surface area contributed by atoms with Crippen molar-refractivity contribution in [1.82, 2.24) is 25.3 Å². The van der Waals surface area contributed by atoms with Crippen LogP contribution < -0.4 is 10.6 Å². The third-order valence-corrected chi connectivity index (χ3v) is 7.51. The third kappa shape index (κ3) is 5.46. The molecule has 0 aliphatic heterocycles. The molecule has 0 saturated carbocycles. The van der Waals surface area contributed by atoms with Gasteiger partial charge in [0.25, 0.3) is 5.91 Å². The number of aromatic nitrogens is 4. The van der Waals surface area contributed by atoms with Crippen molar-refractivity contribution in [3.8, 4) is 22.8 Å². The van der Waals surface area contributed by atoms with Gasteiger partial charge in [-0.3, -0.25) is 9.59 Å². The summed E-state index contributed by atoms with van der Waals surface area (Å²) in [5.41, 5.74) is 4.99. The maximum atomic E-state index is 12.8. The van der Waals surface area contributed by atoms with E-state index in [1.807, 2.05) is 49.6 Å². The predicted octanol–water partition coefficient (Wildman–Crippen LogP) is 3.93. The molecule has 0 unspecified atom stereocenters. The van der Waals surface area contributed by atoms with Gasteiger partial charge in [0.15, 0.2) is 5.13 Å². The fraction of sp³-hybridized carbons (Fsp3) is 0.286. The number of aryl methyl sites for hydroxylation is 2. The van der Waals surface area contributed by atoms with Crippen molar-refractivity contribution >= 4 is 28.3 Å². The molecule has 0 spiro atoms. The molecule has 3 heterocycles. The van der Waals surface area contributed by atoms with Crippen LogP contribution >= 0.6 is 11.3 Å². The predicted molar refractivity (Wildman–Crippen MR) is 146 cm³/mol. The first kappa shape index (κ1) is 25.6. The van der Waals surface area contributed by atoms with Crippen LogP contribution in [0, 0.1) is 6.92 Å². The molecule has 0 bridgehead atoms. The Labute approximate surface area is 224 Å². The molecule has 9 nitrogen and oxygen atoms in total. The Morgan fingerprint density at radius 3 is 2.63 bits per heavy atom. The van der Waals surface area contributed by atoms with Gasteiger partial charge in [-0.2, -0.15) is 0 Å². The molecule has 1 aromatic carbocycles. The minimum absolute atomic E-state index is 0.0311. The first-order chi connectivity index (χ1) is 18.3. The van der Waals surface area contributed by atoms with Gasteiger partial charge in [0.2, 0.25) is 5.91 Å². The molecule has 0 saturated heterocycles. The summed E-state index contributed by atoms with van der Waals surface area (Å²) in [4.78, 5) is 43.0. The van der Waals surface area contributed by atoms with Crippen LogP contribution in [0.25, 0.3) is 22.8 Å². The summed E-state index contributed by atoms with van der Waals surface area (Å²) < 4.78 is 0. The number of amides is 2. The minimum atomic E-state index is -0.379.